The molecule has 0 amide bonds. The monoisotopic (exact) mass is 1410 g/mol. The number of hydrogen-bond acceptors (Lipinski definition) is 15. The Hall–Kier alpha value is -13.3. The minimum absolute atomic E-state index is 0.0586. The Morgan fingerprint density at radius 2 is 0.262 bits per heavy atom. The molecule has 15 heteroatoms. The Balaban J connectivity index is 0.803. The van der Waals surface area contributed by atoms with E-state index in [4.69, 9.17) is 23.7 Å². The van der Waals surface area contributed by atoms with Gasteiger partial charge in [-0.1, -0.05) is 48.5 Å². The summed E-state index contributed by atoms with van der Waals surface area (Å²) in [4.78, 5) is 13.2. The Labute approximate surface area is 623 Å². The van der Waals surface area contributed by atoms with Gasteiger partial charge in [0.25, 0.3) is 0 Å². The average molecular weight is 1410 g/mol. The summed E-state index contributed by atoms with van der Waals surface area (Å²) in [6.07, 6.45) is 0. The van der Waals surface area contributed by atoms with Crippen LogP contribution in [0.3, 0.4) is 0 Å². The van der Waals surface area contributed by atoms with Crippen LogP contribution in [0.25, 0.3) is 0 Å². The van der Waals surface area contributed by atoms with Gasteiger partial charge in [-0.3, -0.25) is 0 Å². The van der Waals surface area contributed by atoms with Crippen molar-refractivity contribution in [3.8, 4) is 34.5 Å². The third-order valence-corrected chi connectivity index (χ3v) is 18.7. The lowest BCUT2D eigenvalue weighted by atomic mass is 10.1. The number of benzene rings is 14. The van der Waals surface area contributed by atoms with E-state index in [0.717, 1.165) is 148 Å². The highest BCUT2D eigenvalue weighted by Gasteiger charge is 2.23. The van der Waals surface area contributed by atoms with E-state index in [-0.39, 0.29) is 26.4 Å². The molecular formula is C92H80N6O9. The zero-order valence-electron chi connectivity index (χ0n) is 59.7. The van der Waals surface area contributed by atoms with Gasteiger partial charge in [0, 0.05) is 102 Å². The van der Waals surface area contributed by atoms with Crippen LogP contribution in [0.5, 0.6) is 34.5 Å². The van der Waals surface area contributed by atoms with Crippen LogP contribution in [0.4, 0.5) is 102 Å². The zero-order valence-corrected chi connectivity index (χ0v) is 59.7. The number of anilines is 18. The van der Waals surface area contributed by atoms with Gasteiger partial charge in [-0.05, 0) is 313 Å². The van der Waals surface area contributed by atoms with Crippen LogP contribution in [0, 0.1) is 0 Å². The number of methoxy groups -OCH3 is 4. The molecule has 0 aromatic heterocycles. The number of hydrogen-bond donors (Lipinski definition) is 4. The van der Waals surface area contributed by atoms with Crippen molar-refractivity contribution in [2.45, 2.75) is 26.4 Å². The van der Waals surface area contributed by atoms with E-state index < -0.39 is 0 Å². The van der Waals surface area contributed by atoms with Crippen LogP contribution < -0.4 is 53.1 Å². The fraction of sp³-hybridized carbons (Fsp3) is 0.0870. The minimum atomic E-state index is -0.0586. The second-order valence-corrected chi connectivity index (χ2v) is 25.3. The predicted molar refractivity (Wildman–Crippen MR) is 431 cm³/mol. The third kappa shape index (κ3) is 16.0. The van der Waals surface area contributed by atoms with Gasteiger partial charge in [-0.25, -0.2) is 0 Å². The molecule has 0 saturated heterocycles. The van der Waals surface area contributed by atoms with Crippen LogP contribution in [0.15, 0.2) is 340 Å². The molecule has 0 bridgehead atoms. The van der Waals surface area contributed by atoms with E-state index in [1.807, 2.05) is 218 Å². The van der Waals surface area contributed by atoms with Crippen molar-refractivity contribution in [3.05, 3.63) is 362 Å². The van der Waals surface area contributed by atoms with E-state index in [1.165, 1.54) is 0 Å². The van der Waals surface area contributed by atoms with Crippen molar-refractivity contribution in [1.29, 1.82) is 0 Å². The fourth-order valence-corrected chi connectivity index (χ4v) is 13.1. The average Bonchev–Trinajstić information content (AvgIpc) is 0.792. The van der Waals surface area contributed by atoms with Crippen molar-refractivity contribution in [1.82, 2.24) is 0 Å². The number of aliphatic hydroxyl groups is 4. The first-order valence-electron chi connectivity index (χ1n) is 35.1. The van der Waals surface area contributed by atoms with Crippen LogP contribution in [-0.4, -0.2) is 48.9 Å². The van der Waals surface area contributed by atoms with Gasteiger partial charge in [0.1, 0.15) is 34.5 Å². The molecule has 14 aromatic rings. The number of nitrogens with zero attached hydrogens (tertiary/aromatic N) is 6. The van der Waals surface area contributed by atoms with E-state index >= 15 is 0 Å². The lowest BCUT2D eigenvalue weighted by Gasteiger charge is -2.30. The molecule has 0 fully saturated rings. The molecule has 0 unspecified atom stereocenters. The lowest BCUT2D eigenvalue weighted by molar-refractivity contribution is 0.281. The summed E-state index contributed by atoms with van der Waals surface area (Å²) in [6.45, 7) is -0.234. The van der Waals surface area contributed by atoms with E-state index in [0.29, 0.717) is 11.5 Å². The molecule has 15 nitrogen and oxygen atoms in total. The van der Waals surface area contributed by atoms with Gasteiger partial charge in [0.2, 0.25) is 0 Å². The molecule has 0 atom stereocenters. The van der Waals surface area contributed by atoms with Gasteiger partial charge in [0.05, 0.1) is 54.9 Å². The van der Waals surface area contributed by atoms with Crippen molar-refractivity contribution < 1.29 is 44.1 Å². The normalized spacial score (nSPS) is 11.0. The standard InChI is InChI=1S/C92H80N6O9/c1-103-87-49-37-81(38-50-87)93(69-13-5-65(61-99)6-14-69)73-21-29-77(30-22-73)97(78-31-23-74(24-32-78)94(70-15-7-66(62-100)8-16-70)82-39-51-88(104-2)52-40-82)85-45-57-91(58-46-85)107-92-59-47-86(48-60-92)98(79-33-25-75(26-34-79)95(71-17-9-67(63-101)10-18-71)83-41-53-89(105-3)54-42-83)80-35-27-76(28-36-80)96(72-19-11-68(64-102)12-20-72)84-43-55-90(106-4)56-44-84/h5-60,99-102H,61-64H2,1-4H3. The number of rotatable bonds is 28. The molecule has 0 radical (unpaired) electrons. The van der Waals surface area contributed by atoms with Crippen LogP contribution in [0.1, 0.15) is 22.3 Å². The van der Waals surface area contributed by atoms with E-state index in [2.05, 4.69) is 151 Å². The van der Waals surface area contributed by atoms with Gasteiger partial charge < -0.3 is 73.5 Å². The first-order chi connectivity index (χ1) is 52.6. The summed E-state index contributed by atoms with van der Waals surface area (Å²) < 4.78 is 29.0. The Morgan fingerprint density at radius 1 is 0.159 bits per heavy atom. The van der Waals surface area contributed by atoms with Crippen LogP contribution >= 0.6 is 0 Å². The van der Waals surface area contributed by atoms with E-state index in [1.54, 1.807) is 28.4 Å². The molecule has 107 heavy (non-hydrogen) atoms. The second-order valence-electron chi connectivity index (χ2n) is 25.3. The van der Waals surface area contributed by atoms with Gasteiger partial charge in [0.15, 0.2) is 0 Å². The maximum absolute atomic E-state index is 9.98. The third-order valence-electron chi connectivity index (χ3n) is 18.7. The summed E-state index contributed by atoms with van der Waals surface area (Å²) in [5.41, 5.74) is 19.8. The summed E-state index contributed by atoms with van der Waals surface area (Å²) in [5.74, 6) is 4.27. The quantitative estimate of drug-likeness (QED) is 0.0369. The molecule has 0 heterocycles. The molecule has 0 spiro atoms. The highest BCUT2D eigenvalue weighted by Crippen LogP contribution is 2.46. The van der Waals surface area contributed by atoms with Gasteiger partial charge >= 0.3 is 0 Å². The first kappa shape index (κ1) is 70.7. The Morgan fingerprint density at radius 3 is 0.374 bits per heavy atom. The van der Waals surface area contributed by atoms with Gasteiger partial charge in [-0.15, -0.1) is 0 Å². The predicted octanol–water partition coefficient (Wildman–Crippen LogP) is 22.3. The van der Waals surface area contributed by atoms with Crippen molar-refractivity contribution >= 4 is 102 Å². The van der Waals surface area contributed by atoms with Crippen molar-refractivity contribution in [2.24, 2.45) is 0 Å². The summed E-state index contributed by atoms with van der Waals surface area (Å²) in [5, 5.41) is 39.9. The molecule has 532 valence electrons. The largest absolute Gasteiger partial charge is 0.497 e. The summed E-state index contributed by atoms with van der Waals surface area (Å²) in [7, 11) is 6.64. The molecule has 4 N–H and O–H groups in total. The number of aliphatic hydroxyl groups excluding tert-OH is 4. The van der Waals surface area contributed by atoms with Crippen molar-refractivity contribution in [3.63, 3.8) is 0 Å². The SMILES string of the molecule is COc1ccc(N(c2ccc(CO)cc2)c2ccc(N(c3ccc(Oc4ccc(N(c5ccc(N(c6ccc(CO)cc6)c6ccc(OC)cc6)cc5)c5ccc(N(c6ccc(CO)cc6)c6ccc(OC)cc6)cc5)cc4)cc3)c3ccc(N(c4ccc(CO)cc4)c4ccc(OC)cc4)cc3)cc2)cc1. The highest BCUT2D eigenvalue weighted by atomic mass is 16.5. The van der Waals surface area contributed by atoms with Crippen LogP contribution in [0.2, 0.25) is 0 Å². The molecule has 0 saturated carbocycles. The highest BCUT2D eigenvalue weighted by molar-refractivity contribution is 5.87. The second kappa shape index (κ2) is 33.0. The topological polar surface area (TPSA) is 147 Å². The van der Waals surface area contributed by atoms with Gasteiger partial charge in [-0.2, -0.15) is 0 Å². The maximum atomic E-state index is 9.98. The van der Waals surface area contributed by atoms with E-state index in [9.17, 15) is 20.4 Å². The minimum Gasteiger partial charge on any atom is -0.497 e. The molecular weight excluding hydrogens is 1330 g/mol. The number of ether oxygens (including phenoxy) is 5. The van der Waals surface area contributed by atoms with Crippen LogP contribution in [-0.2, 0) is 26.4 Å². The fourth-order valence-electron chi connectivity index (χ4n) is 13.1. The Bertz CT molecular complexity index is 4360. The first-order valence-corrected chi connectivity index (χ1v) is 35.1. The molecule has 14 rings (SSSR count). The Kier molecular flexibility index (Phi) is 21.8. The zero-order chi connectivity index (χ0) is 73.6. The smallest absolute Gasteiger partial charge is 0.127 e. The summed E-state index contributed by atoms with van der Waals surface area (Å²) >= 11 is 0. The molecule has 0 aliphatic carbocycles. The molecule has 0 aliphatic heterocycles. The molecule has 0 aliphatic rings. The maximum Gasteiger partial charge on any atom is 0.127 e. The van der Waals surface area contributed by atoms with Crippen molar-refractivity contribution in [2.75, 3.05) is 57.8 Å². The summed E-state index contributed by atoms with van der Waals surface area (Å²) in [6, 6.07) is 114. The molecule has 14 aromatic carbocycles. The lowest BCUT2D eigenvalue weighted by Crippen LogP contribution is -2.13.